The van der Waals surface area contributed by atoms with E-state index in [-0.39, 0.29) is 0 Å². The van der Waals surface area contributed by atoms with Crippen molar-refractivity contribution in [3.8, 4) is 0 Å². The average Bonchev–Trinajstić information content (AvgIpc) is 2.73. The first-order valence-electron chi connectivity index (χ1n) is 5.82. The van der Waals surface area contributed by atoms with E-state index in [0.717, 1.165) is 35.1 Å². The summed E-state index contributed by atoms with van der Waals surface area (Å²) in [5.74, 6) is 4.76. The maximum Gasteiger partial charge on any atom is 0.0651 e. The molecular weight excluding hydrogens is 192 g/mol. The maximum absolute atomic E-state index is 9.13. The van der Waals surface area contributed by atoms with Crippen molar-refractivity contribution in [1.82, 2.24) is 0 Å². The Balaban J connectivity index is 1.83. The fourth-order valence-corrected chi connectivity index (χ4v) is 6.13. The molecular formula is C11H12N2O2. The molecule has 15 heavy (non-hydrogen) atoms. The van der Waals surface area contributed by atoms with Gasteiger partial charge in [-0.3, -0.25) is 0 Å². The number of nitrogens with zero attached hydrogens (tertiary/aromatic N) is 2. The van der Waals surface area contributed by atoms with Crippen LogP contribution < -0.4 is 0 Å². The van der Waals surface area contributed by atoms with Crippen LogP contribution in [0.2, 0.25) is 0 Å². The Kier molecular flexibility index (Phi) is 0.874. The third kappa shape index (κ3) is 0.446. The van der Waals surface area contributed by atoms with E-state index in [0.29, 0.717) is 23.7 Å². The zero-order valence-electron chi connectivity index (χ0n) is 8.11. The van der Waals surface area contributed by atoms with Crippen molar-refractivity contribution in [3.63, 3.8) is 0 Å². The van der Waals surface area contributed by atoms with E-state index in [1.165, 1.54) is 6.42 Å². The lowest BCUT2D eigenvalue weighted by Crippen LogP contribution is -2.48. The normalized spacial score (nSPS) is 71.2. The molecule has 78 valence electrons. The molecule has 4 nitrogen and oxygen atoms in total. The highest BCUT2D eigenvalue weighted by Gasteiger charge is 2.82. The minimum atomic E-state index is 0.427. The van der Waals surface area contributed by atoms with Crippen LogP contribution in [-0.4, -0.2) is 21.8 Å². The Hall–Kier alpha value is -1.06. The topological polar surface area (TPSA) is 65.2 Å². The molecule has 5 fully saturated rings. The third-order valence-corrected chi connectivity index (χ3v) is 6.10. The summed E-state index contributed by atoms with van der Waals surface area (Å²) in [6, 6.07) is 0. The minimum absolute atomic E-state index is 0.427. The number of hydrogen-bond donors (Lipinski definition) is 2. The molecule has 0 aromatic rings. The predicted octanol–water partition coefficient (Wildman–Crippen LogP) is 1.03. The second-order valence-corrected chi connectivity index (χ2v) is 5.87. The SMILES string of the molecule is ON=C1C2C3CC4C2/C(=N/O)C2C1C3C42. The predicted molar refractivity (Wildman–Crippen MR) is 51.0 cm³/mol. The fraction of sp³-hybridized carbons (Fsp3) is 0.818. The van der Waals surface area contributed by atoms with Crippen LogP contribution in [0.4, 0.5) is 0 Å². The number of rotatable bonds is 0. The summed E-state index contributed by atoms with van der Waals surface area (Å²) in [6.07, 6.45) is 1.29. The van der Waals surface area contributed by atoms with E-state index in [1.54, 1.807) is 0 Å². The summed E-state index contributed by atoms with van der Waals surface area (Å²) in [4.78, 5) is 0. The minimum Gasteiger partial charge on any atom is -0.411 e. The van der Waals surface area contributed by atoms with E-state index < -0.39 is 0 Å². The number of fused-ring (bicyclic) bond motifs is 2. The van der Waals surface area contributed by atoms with Crippen LogP contribution in [0, 0.1) is 47.3 Å². The lowest BCUT2D eigenvalue weighted by atomic mass is 9.59. The first-order valence-corrected chi connectivity index (χ1v) is 5.82. The van der Waals surface area contributed by atoms with Gasteiger partial charge in [-0.05, 0) is 30.1 Å². The van der Waals surface area contributed by atoms with Crippen molar-refractivity contribution < 1.29 is 10.4 Å². The first kappa shape index (κ1) is 7.25. The molecule has 8 unspecified atom stereocenters. The molecule has 0 spiro atoms. The Morgan fingerprint density at radius 2 is 1.27 bits per heavy atom. The summed E-state index contributed by atoms with van der Waals surface area (Å²) < 4.78 is 0. The van der Waals surface area contributed by atoms with Crippen LogP contribution in [0.3, 0.4) is 0 Å². The van der Waals surface area contributed by atoms with Crippen LogP contribution in [0.25, 0.3) is 0 Å². The molecule has 5 aliphatic rings. The van der Waals surface area contributed by atoms with E-state index in [2.05, 4.69) is 10.3 Å². The second-order valence-electron chi connectivity index (χ2n) is 5.87. The van der Waals surface area contributed by atoms with E-state index in [1.807, 2.05) is 0 Å². The highest BCUT2D eigenvalue weighted by atomic mass is 16.4. The van der Waals surface area contributed by atoms with Crippen molar-refractivity contribution in [2.45, 2.75) is 6.42 Å². The quantitative estimate of drug-likeness (QED) is 0.457. The van der Waals surface area contributed by atoms with Crippen molar-refractivity contribution in [2.75, 3.05) is 0 Å². The zero-order valence-corrected chi connectivity index (χ0v) is 8.11. The standard InChI is InChI=1S/C11H12N2O2/c14-12-10-6-2-1-3-5-4(2)8(10)9(5)11(13-15)7(3)6/h2-9,14-15H,1H2/b12-10-,13-11?. The van der Waals surface area contributed by atoms with Crippen molar-refractivity contribution in [1.29, 1.82) is 0 Å². The van der Waals surface area contributed by atoms with Gasteiger partial charge in [0.2, 0.25) is 0 Å². The molecule has 2 bridgehead atoms. The van der Waals surface area contributed by atoms with Gasteiger partial charge in [0.15, 0.2) is 0 Å². The third-order valence-electron chi connectivity index (χ3n) is 6.10. The van der Waals surface area contributed by atoms with Gasteiger partial charge in [-0.15, -0.1) is 0 Å². The highest BCUT2D eigenvalue weighted by Crippen LogP contribution is 2.80. The van der Waals surface area contributed by atoms with Crippen molar-refractivity contribution in [3.05, 3.63) is 0 Å². The van der Waals surface area contributed by atoms with E-state index in [9.17, 15) is 0 Å². The summed E-state index contributed by atoms with van der Waals surface area (Å²) in [5.41, 5.74) is 2.09. The fourth-order valence-electron chi connectivity index (χ4n) is 6.13. The zero-order chi connectivity index (χ0) is 9.89. The van der Waals surface area contributed by atoms with Gasteiger partial charge >= 0.3 is 0 Å². The van der Waals surface area contributed by atoms with E-state index in [4.69, 9.17) is 10.4 Å². The molecule has 0 amide bonds. The van der Waals surface area contributed by atoms with Gasteiger partial charge in [0.05, 0.1) is 11.4 Å². The number of hydrogen-bond acceptors (Lipinski definition) is 4. The highest BCUT2D eigenvalue weighted by molar-refractivity contribution is 6.10. The molecule has 4 heteroatoms. The van der Waals surface area contributed by atoms with Crippen molar-refractivity contribution in [2.24, 2.45) is 57.7 Å². The second kappa shape index (κ2) is 1.81. The van der Waals surface area contributed by atoms with E-state index >= 15 is 0 Å². The summed E-state index contributed by atoms with van der Waals surface area (Å²) in [6.45, 7) is 0. The molecule has 5 rings (SSSR count). The molecule has 0 heterocycles. The van der Waals surface area contributed by atoms with Gasteiger partial charge in [-0.25, -0.2) is 0 Å². The molecule has 8 atom stereocenters. The largest absolute Gasteiger partial charge is 0.411 e. The first-order chi connectivity index (χ1) is 7.38. The molecule has 0 aromatic carbocycles. The molecule has 2 N–H and O–H groups in total. The van der Waals surface area contributed by atoms with Gasteiger partial charge in [-0.1, -0.05) is 10.3 Å². The Morgan fingerprint density at radius 3 is 1.67 bits per heavy atom. The van der Waals surface area contributed by atoms with Crippen LogP contribution in [-0.2, 0) is 0 Å². The molecule has 0 aliphatic heterocycles. The summed E-state index contributed by atoms with van der Waals surface area (Å²) in [7, 11) is 0. The van der Waals surface area contributed by atoms with Crippen LogP contribution in [0.15, 0.2) is 10.3 Å². The maximum atomic E-state index is 9.13. The molecule has 5 aliphatic carbocycles. The van der Waals surface area contributed by atoms with Gasteiger partial charge in [0.25, 0.3) is 0 Å². The van der Waals surface area contributed by atoms with Gasteiger partial charge in [-0.2, -0.15) is 0 Å². The summed E-state index contributed by atoms with van der Waals surface area (Å²) in [5, 5.41) is 25.4. The smallest absolute Gasteiger partial charge is 0.0651 e. The summed E-state index contributed by atoms with van der Waals surface area (Å²) >= 11 is 0. The Bertz CT molecular complexity index is 400. The lowest BCUT2D eigenvalue weighted by molar-refractivity contribution is 0.0644. The molecule has 0 aromatic heterocycles. The van der Waals surface area contributed by atoms with Gasteiger partial charge in [0, 0.05) is 23.7 Å². The molecule has 0 radical (unpaired) electrons. The van der Waals surface area contributed by atoms with Crippen molar-refractivity contribution >= 4 is 11.4 Å². The van der Waals surface area contributed by atoms with Crippen LogP contribution in [0.1, 0.15) is 6.42 Å². The Morgan fingerprint density at radius 1 is 0.800 bits per heavy atom. The molecule has 5 saturated carbocycles. The lowest BCUT2D eigenvalue weighted by Gasteiger charge is -2.44. The van der Waals surface area contributed by atoms with Gasteiger partial charge in [0.1, 0.15) is 0 Å². The van der Waals surface area contributed by atoms with Gasteiger partial charge < -0.3 is 10.4 Å². The monoisotopic (exact) mass is 204 g/mol. The average molecular weight is 204 g/mol. The Labute approximate surface area is 86.6 Å². The molecule has 0 saturated heterocycles. The van der Waals surface area contributed by atoms with Crippen LogP contribution >= 0.6 is 0 Å². The number of oxime groups is 2. The van der Waals surface area contributed by atoms with Crippen LogP contribution in [0.5, 0.6) is 0 Å².